The lowest BCUT2D eigenvalue weighted by Crippen LogP contribution is -2.44. The molecule has 0 amide bonds. The van der Waals surface area contributed by atoms with Crippen LogP contribution in [0.25, 0.3) is 10.9 Å². The van der Waals surface area contributed by atoms with Crippen molar-refractivity contribution in [1.29, 1.82) is 0 Å². The zero-order valence-electron chi connectivity index (χ0n) is 16.3. The summed E-state index contributed by atoms with van der Waals surface area (Å²) in [6.07, 6.45) is 1.91. The second-order valence-corrected chi connectivity index (χ2v) is 7.54. The van der Waals surface area contributed by atoms with Crippen LogP contribution >= 0.6 is 0 Å². The molecule has 0 N–H and O–H groups in total. The van der Waals surface area contributed by atoms with E-state index in [1.807, 2.05) is 31.2 Å². The number of likely N-dealkylation sites (N-methyl/N-ethyl adjacent to an activating group) is 1. The minimum atomic E-state index is -0.319. The van der Waals surface area contributed by atoms with Crippen LogP contribution in [0.2, 0.25) is 0 Å². The quantitative estimate of drug-likeness (QED) is 0.512. The maximum Gasteiger partial charge on any atom is 0.291 e. The van der Waals surface area contributed by atoms with Crippen LogP contribution in [0.3, 0.4) is 0 Å². The van der Waals surface area contributed by atoms with Gasteiger partial charge in [0.15, 0.2) is 0 Å². The van der Waals surface area contributed by atoms with Gasteiger partial charge in [0.05, 0.1) is 10.4 Å². The third-order valence-corrected chi connectivity index (χ3v) is 5.47. The Morgan fingerprint density at radius 3 is 2.61 bits per heavy atom. The highest BCUT2D eigenvalue weighted by Gasteiger charge is 2.20. The number of benzene rings is 2. The third-order valence-electron chi connectivity index (χ3n) is 5.47. The normalized spacial score (nSPS) is 15.1. The molecule has 1 fully saturated rings. The molecule has 3 aromatic rings. The minimum Gasteiger partial charge on any atom is -0.369 e. The van der Waals surface area contributed by atoms with E-state index in [1.165, 1.54) is 6.20 Å². The van der Waals surface area contributed by atoms with Crippen LogP contribution in [0.1, 0.15) is 16.7 Å². The number of nitro groups is 1. The number of nitrogens with zero attached hydrogens (tertiary/aromatic N) is 4. The fourth-order valence-corrected chi connectivity index (χ4v) is 3.86. The first-order valence-electron chi connectivity index (χ1n) is 9.56. The van der Waals surface area contributed by atoms with Crippen LogP contribution in [-0.4, -0.2) is 48.0 Å². The monoisotopic (exact) mass is 376 g/mol. The highest BCUT2D eigenvalue weighted by molar-refractivity contribution is 5.88. The first-order valence-corrected chi connectivity index (χ1v) is 9.56. The van der Waals surface area contributed by atoms with Crippen LogP contribution in [0.5, 0.6) is 0 Å². The Bertz CT molecular complexity index is 1030. The summed E-state index contributed by atoms with van der Waals surface area (Å²) in [7, 11) is 2.13. The number of hydrogen-bond acceptors (Lipinski definition) is 5. The molecule has 28 heavy (non-hydrogen) atoms. The summed E-state index contributed by atoms with van der Waals surface area (Å²) in [4.78, 5) is 20.4. The van der Waals surface area contributed by atoms with E-state index in [4.69, 9.17) is 0 Å². The highest BCUT2D eigenvalue weighted by atomic mass is 16.6. The van der Waals surface area contributed by atoms with Crippen molar-refractivity contribution >= 4 is 22.3 Å². The Balaban J connectivity index is 1.80. The predicted molar refractivity (Wildman–Crippen MR) is 112 cm³/mol. The number of aryl methyl sites for hydroxylation is 1. The number of hydrogen-bond donors (Lipinski definition) is 0. The van der Waals surface area contributed by atoms with Crippen molar-refractivity contribution in [3.8, 4) is 0 Å². The largest absolute Gasteiger partial charge is 0.369 e. The minimum absolute atomic E-state index is 0.0875. The van der Waals surface area contributed by atoms with Gasteiger partial charge in [-0.05, 0) is 37.7 Å². The molecule has 0 spiro atoms. The molecule has 1 aromatic heterocycles. The molecule has 1 aliphatic heterocycles. The number of rotatable bonds is 4. The van der Waals surface area contributed by atoms with Crippen molar-refractivity contribution in [3.63, 3.8) is 0 Å². The molecule has 6 heteroatoms. The van der Waals surface area contributed by atoms with E-state index in [2.05, 4.69) is 40.0 Å². The molecule has 2 aromatic carbocycles. The Kier molecular flexibility index (Phi) is 4.96. The average molecular weight is 376 g/mol. The summed E-state index contributed by atoms with van der Waals surface area (Å²) < 4.78 is 0. The van der Waals surface area contributed by atoms with Gasteiger partial charge in [0.25, 0.3) is 5.69 Å². The third kappa shape index (κ3) is 3.68. The summed E-state index contributed by atoms with van der Waals surface area (Å²) >= 11 is 0. The molecule has 1 aliphatic rings. The SMILES string of the molecule is Cc1cccc(Cc2c([N+](=O)[O-])cnc3ccc(N4CCN(C)CC4)cc23)c1. The van der Waals surface area contributed by atoms with Gasteiger partial charge in [0, 0.05) is 49.2 Å². The van der Waals surface area contributed by atoms with Gasteiger partial charge in [-0.3, -0.25) is 10.1 Å². The van der Waals surface area contributed by atoms with Gasteiger partial charge < -0.3 is 9.80 Å². The molecule has 144 valence electrons. The van der Waals surface area contributed by atoms with Gasteiger partial charge in [-0.15, -0.1) is 0 Å². The molecular formula is C22H24N4O2. The Morgan fingerprint density at radius 1 is 1.11 bits per heavy atom. The zero-order chi connectivity index (χ0) is 19.7. The molecule has 2 heterocycles. The van der Waals surface area contributed by atoms with Crippen LogP contribution in [-0.2, 0) is 6.42 Å². The van der Waals surface area contributed by atoms with E-state index in [1.54, 1.807) is 0 Å². The van der Waals surface area contributed by atoms with Crippen molar-refractivity contribution in [1.82, 2.24) is 9.88 Å². The molecule has 0 saturated carbocycles. The van der Waals surface area contributed by atoms with Gasteiger partial charge in [-0.2, -0.15) is 0 Å². The van der Waals surface area contributed by atoms with E-state index >= 15 is 0 Å². The topological polar surface area (TPSA) is 62.5 Å². The molecule has 0 bridgehead atoms. The molecule has 0 radical (unpaired) electrons. The first kappa shape index (κ1) is 18.4. The second-order valence-electron chi connectivity index (χ2n) is 7.54. The summed E-state index contributed by atoms with van der Waals surface area (Å²) in [6, 6.07) is 14.3. The number of anilines is 1. The lowest BCUT2D eigenvalue weighted by atomic mass is 9.98. The van der Waals surface area contributed by atoms with Gasteiger partial charge in [-0.25, -0.2) is 4.98 Å². The predicted octanol–water partition coefficient (Wildman–Crippen LogP) is 3.79. The van der Waals surface area contributed by atoms with Gasteiger partial charge in [0.2, 0.25) is 0 Å². The lowest BCUT2D eigenvalue weighted by Gasteiger charge is -2.34. The zero-order valence-corrected chi connectivity index (χ0v) is 16.3. The molecule has 0 unspecified atom stereocenters. The van der Waals surface area contributed by atoms with Crippen LogP contribution in [0.4, 0.5) is 11.4 Å². The Morgan fingerprint density at radius 2 is 1.89 bits per heavy atom. The summed E-state index contributed by atoms with van der Waals surface area (Å²) in [5.74, 6) is 0. The fraction of sp³-hybridized carbons (Fsp3) is 0.318. The van der Waals surface area contributed by atoms with E-state index in [0.29, 0.717) is 6.42 Å². The average Bonchev–Trinajstić information content (AvgIpc) is 2.68. The van der Waals surface area contributed by atoms with E-state index in [0.717, 1.165) is 59.5 Å². The van der Waals surface area contributed by atoms with Crippen molar-refractivity contribution in [3.05, 3.63) is 75.5 Å². The Labute approximate surface area is 164 Å². The maximum atomic E-state index is 11.7. The van der Waals surface area contributed by atoms with E-state index in [9.17, 15) is 10.1 Å². The van der Waals surface area contributed by atoms with E-state index < -0.39 is 0 Å². The number of aromatic nitrogens is 1. The smallest absolute Gasteiger partial charge is 0.291 e. The first-order chi connectivity index (χ1) is 13.5. The van der Waals surface area contributed by atoms with Crippen molar-refractivity contribution < 1.29 is 4.92 Å². The molecular weight excluding hydrogens is 352 g/mol. The van der Waals surface area contributed by atoms with Crippen molar-refractivity contribution in [2.75, 3.05) is 38.1 Å². The highest BCUT2D eigenvalue weighted by Crippen LogP contribution is 2.31. The van der Waals surface area contributed by atoms with Crippen LogP contribution in [0, 0.1) is 17.0 Å². The summed E-state index contributed by atoms with van der Waals surface area (Å²) in [6.45, 7) is 5.98. The summed E-state index contributed by atoms with van der Waals surface area (Å²) in [5.41, 5.74) is 4.94. The standard InChI is InChI=1S/C22H24N4O2/c1-16-4-3-5-17(12-16)13-20-19-14-18(25-10-8-24(2)9-11-25)6-7-21(19)23-15-22(20)26(27)28/h3-7,12,14-15H,8-11,13H2,1-2H3. The lowest BCUT2D eigenvalue weighted by molar-refractivity contribution is -0.385. The second kappa shape index (κ2) is 7.56. The van der Waals surface area contributed by atoms with Crippen LogP contribution in [0.15, 0.2) is 48.7 Å². The van der Waals surface area contributed by atoms with Crippen LogP contribution < -0.4 is 4.90 Å². The van der Waals surface area contributed by atoms with Crippen molar-refractivity contribution in [2.45, 2.75) is 13.3 Å². The molecule has 1 saturated heterocycles. The number of pyridine rings is 1. The number of fused-ring (bicyclic) bond motifs is 1. The maximum absolute atomic E-state index is 11.7. The van der Waals surface area contributed by atoms with Gasteiger partial charge >= 0.3 is 0 Å². The molecule has 0 aliphatic carbocycles. The number of piperazine rings is 1. The molecule has 6 nitrogen and oxygen atoms in total. The molecule has 4 rings (SSSR count). The van der Waals surface area contributed by atoms with Gasteiger partial charge in [-0.1, -0.05) is 29.8 Å². The van der Waals surface area contributed by atoms with Gasteiger partial charge in [0.1, 0.15) is 6.20 Å². The van der Waals surface area contributed by atoms with E-state index in [-0.39, 0.29) is 10.6 Å². The van der Waals surface area contributed by atoms with Crippen molar-refractivity contribution in [2.24, 2.45) is 0 Å². The fourth-order valence-electron chi connectivity index (χ4n) is 3.86. The molecule has 0 atom stereocenters. The summed E-state index contributed by atoms with van der Waals surface area (Å²) in [5, 5.41) is 12.6. The Hall–Kier alpha value is -2.99.